The monoisotopic (exact) mass is 230 g/mol. The van der Waals surface area contributed by atoms with E-state index in [0.29, 0.717) is 19.8 Å². The van der Waals surface area contributed by atoms with Gasteiger partial charge < -0.3 is 20.1 Å². The van der Waals surface area contributed by atoms with Crippen LogP contribution in [0.1, 0.15) is 19.8 Å². The van der Waals surface area contributed by atoms with Gasteiger partial charge in [0.15, 0.2) is 0 Å². The molecule has 0 aromatic carbocycles. The molecule has 2 N–H and O–H groups in total. The number of carbonyl (C=O) groups is 2. The second-order valence-electron chi connectivity index (χ2n) is 3.74. The molecule has 0 aromatic heterocycles. The molecule has 16 heavy (non-hydrogen) atoms. The van der Waals surface area contributed by atoms with E-state index in [4.69, 9.17) is 9.84 Å². The fraction of sp³-hybridized carbons (Fsp3) is 0.800. The molecule has 0 spiro atoms. The lowest BCUT2D eigenvalue weighted by Gasteiger charge is -2.26. The van der Waals surface area contributed by atoms with Crippen LogP contribution in [-0.4, -0.2) is 54.4 Å². The second kappa shape index (κ2) is 6.32. The van der Waals surface area contributed by atoms with Gasteiger partial charge in [-0.25, -0.2) is 4.79 Å². The predicted octanol–water partition coefficient (Wildman–Crippen LogP) is 0.281. The van der Waals surface area contributed by atoms with E-state index < -0.39 is 5.97 Å². The zero-order valence-electron chi connectivity index (χ0n) is 9.44. The second-order valence-corrected chi connectivity index (χ2v) is 3.74. The molecule has 0 unspecified atom stereocenters. The highest BCUT2D eigenvalue weighted by Gasteiger charge is 2.20. The zero-order valence-corrected chi connectivity index (χ0v) is 9.44. The zero-order chi connectivity index (χ0) is 12.0. The first kappa shape index (κ1) is 12.8. The first-order chi connectivity index (χ1) is 7.63. The molecular formula is C10H18N2O4. The highest BCUT2D eigenvalue weighted by Crippen LogP contribution is 2.06. The van der Waals surface area contributed by atoms with Crippen molar-refractivity contribution in [2.24, 2.45) is 0 Å². The van der Waals surface area contributed by atoms with Crippen LogP contribution in [-0.2, 0) is 9.53 Å². The number of likely N-dealkylation sites (N-methyl/N-ethyl adjacent to an activating group) is 1. The van der Waals surface area contributed by atoms with Crippen molar-refractivity contribution < 1.29 is 19.4 Å². The topological polar surface area (TPSA) is 78.9 Å². The van der Waals surface area contributed by atoms with Gasteiger partial charge in [-0.1, -0.05) is 0 Å². The van der Waals surface area contributed by atoms with Crippen molar-refractivity contribution >= 4 is 12.0 Å². The standard InChI is InChI=1S/C10H18N2O4/c1-2-12(7-9(13)14)10(15)11-8-3-5-16-6-4-8/h8H,2-7H2,1H3,(H,11,15)(H,13,14). The molecule has 1 rings (SSSR count). The lowest BCUT2D eigenvalue weighted by Crippen LogP contribution is -2.48. The molecule has 1 fully saturated rings. The molecule has 0 radical (unpaired) electrons. The largest absolute Gasteiger partial charge is 0.480 e. The summed E-state index contributed by atoms with van der Waals surface area (Å²) < 4.78 is 5.17. The maximum absolute atomic E-state index is 11.7. The number of amides is 2. The first-order valence-electron chi connectivity index (χ1n) is 5.48. The SMILES string of the molecule is CCN(CC(=O)O)C(=O)NC1CCOCC1. The van der Waals surface area contributed by atoms with Crippen LogP contribution in [0.2, 0.25) is 0 Å². The minimum atomic E-state index is -0.996. The van der Waals surface area contributed by atoms with Crippen molar-refractivity contribution in [3.8, 4) is 0 Å². The molecule has 0 aromatic rings. The Hall–Kier alpha value is -1.30. The summed E-state index contributed by atoms with van der Waals surface area (Å²) >= 11 is 0. The third-order valence-corrected chi connectivity index (χ3v) is 2.54. The Kier molecular flexibility index (Phi) is 5.04. The summed E-state index contributed by atoms with van der Waals surface area (Å²) in [5.41, 5.74) is 0. The smallest absolute Gasteiger partial charge is 0.323 e. The van der Waals surface area contributed by atoms with Crippen LogP contribution >= 0.6 is 0 Å². The number of carboxylic acid groups (broad SMARTS) is 1. The van der Waals surface area contributed by atoms with Crippen molar-refractivity contribution in [3.05, 3.63) is 0 Å². The minimum Gasteiger partial charge on any atom is -0.480 e. The van der Waals surface area contributed by atoms with Crippen LogP contribution < -0.4 is 5.32 Å². The Balaban J connectivity index is 2.38. The summed E-state index contributed by atoms with van der Waals surface area (Å²) in [6.45, 7) is 3.19. The molecule has 1 aliphatic rings. The number of carbonyl (C=O) groups excluding carboxylic acids is 1. The average Bonchev–Trinajstić information content (AvgIpc) is 2.26. The van der Waals surface area contributed by atoms with Gasteiger partial charge in [0.25, 0.3) is 0 Å². The Bertz CT molecular complexity index is 251. The van der Waals surface area contributed by atoms with Gasteiger partial charge in [-0.3, -0.25) is 4.79 Å². The summed E-state index contributed by atoms with van der Waals surface area (Å²) in [4.78, 5) is 23.5. The highest BCUT2D eigenvalue weighted by molar-refractivity contribution is 5.80. The molecule has 0 atom stereocenters. The van der Waals surface area contributed by atoms with E-state index >= 15 is 0 Å². The van der Waals surface area contributed by atoms with Crippen LogP contribution in [0.5, 0.6) is 0 Å². The van der Waals surface area contributed by atoms with Gasteiger partial charge in [-0.15, -0.1) is 0 Å². The van der Waals surface area contributed by atoms with Crippen LogP contribution in [0.4, 0.5) is 4.79 Å². The number of nitrogens with zero attached hydrogens (tertiary/aromatic N) is 1. The van der Waals surface area contributed by atoms with Crippen LogP contribution in [0.15, 0.2) is 0 Å². The maximum atomic E-state index is 11.7. The lowest BCUT2D eigenvalue weighted by atomic mass is 10.1. The number of ether oxygens (including phenoxy) is 1. The van der Waals surface area contributed by atoms with E-state index in [-0.39, 0.29) is 18.6 Å². The Labute approximate surface area is 94.6 Å². The Morgan fingerprint density at radius 3 is 2.56 bits per heavy atom. The first-order valence-corrected chi connectivity index (χ1v) is 5.48. The van der Waals surface area contributed by atoms with Crippen molar-refractivity contribution in [1.29, 1.82) is 0 Å². The van der Waals surface area contributed by atoms with Crippen LogP contribution in [0.25, 0.3) is 0 Å². The van der Waals surface area contributed by atoms with Gasteiger partial charge in [-0.05, 0) is 19.8 Å². The summed E-state index contributed by atoms with van der Waals surface area (Å²) in [5.74, 6) is -0.996. The van der Waals surface area contributed by atoms with Gasteiger partial charge in [0.05, 0.1) is 0 Å². The predicted molar refractivity (Wildman–Crippen MR) is 57.3 cm³/mol. The van der Waals surface area contributed by atoms with Gasteiger partial charge in [0.1, 0.15) is 6.54 Å². The summed E-state index contributed by atoms with van der Waals surface area (Å²) in [5, 5.41) is 11.4. The van der Waals surface area contributed by atoms with Crippen molar-refractivity contribution in [3.63, 3.8) is 0 Å². The fourth-order valence-corrected chi connectivity index (χ4v) is 1.60. The molecule has 6 nitrogen and oxygen atoms in total. The molecule has 0 bridgehead atoms. The van der Waals surface area contributed by atoms with E-state index in [1.807, 2.05) is 0 Å². The van der Waals surface area contributed by atoms with Gasteiger partial charge in [0, 0.05) is 25.8 Å². The molecule has 0 saturated carbocycles. The number of rotatable bonds is 4. The third-order valence-electron chi connectivity index (χ3n) is 2.54. The third kappa shape index (κ3) is 4.06. The molecular weight excluding hydrogens is 212 g/mol. The van der Waals surface area contributed by atoms with Crippen LogP contribution in [0, 0.1) is 0 Å². The van der Waals surface area contributed by atoms with E-state index in [2.05, 4.69) is 5.32 Å². The molecule has 1 aliphatic heterocycles. The fourth-order valence-electron chi connectivity index (χ4n) is 1.60. The molecule has 1 heterocycles. The minimum absolute atomic E-state index is 0.101. The quantitative estimate of drug-likeness (QED) is 0.727. The van der Waals surface area contributed by atoms with Crippen molar-refractivity contribution in [2.75, 3.05) is 26.3 Å². The molecule has 1 saturated heterocycles. The molecule has 92 valence electrons. The van der Waals surface area contributed by atoms with Crippen molar-refractivity contribution in [2.45, 2.75) is 25.8 Å². The van der Waals surface area contributed by atoms with Gasteiger partial charge >= 0.3 is 12.0 Å². The molecule has 6 heteroatoms. The number of hydrogen-bond acceptors (Lipinski definition) is 3. The summed E-state index contributed by atoms with van der Waals surface area (Å²) in [6.07, 6.45) is 1.58. The van der Waals surface area contributed by atoms with Gasteiger partial charge in [-0.2, -0.15) is 0 Å². The summed E-state index contributed by atoms with van der Waals surface area (Å²) in [7, 11) is 0. The normalized spacial score (nSPS) is 16.8. The number of aliphatic carboxylic acids is 1. The number of hydrogen-bond donors (Lipinski definition) is 2. The maximum Gasteiger partial charge on any atom is 0.323 e. The van der Waals surface area contributed by atoms with E-state index in [0.717, 1.165) is 12.8 Å². The van der Waals surface area contributed by atoms with E-state index in [1.54, 1.807) is 6.92 Å². The molecule has 0 aliphatic carbocycles. The van der Waals surface area contributed by atoms with E-state index in [1.165, 1.54) is 4.90 Å². The Morgan fingerprint density at radius 2 is 2.06 bits per heavy atom. The highest BCUT2D eigenvalue weighted by atomic mass is 16.5. The van der Waals surface area contributed by atoms with E-state index in [9.17, 15) is 9.59 Å². The van der Waals surface area contributed by atoms with Gasteiger partial charge in [0.2, 0.25) is 0 Å². The average molecular weight is 230 g/mol. The number of urea groups is 1. The molecule has 2 amide bonds. The van der Waals surface area contributed by atoms with Crippen LogP contribution in [0.3, 0.4) is 0 Å². The van der Waals surface area contributed by atoms with Crippen molar-refractivity contribution in [1.82, 2.24) is 10.2 Å². The lowest BCUT2D eigenvalue weighted by molar-refractivity contribution is -0.137. The number of carboxylic acids is 1. The number of nitrogens with one attached hydrogen (secondary N) is 1. The summed E-state index contributed by atoms with van der Waals surface area (Å²) in [6, 6.07) is -0.208. The Morgan fingerprint density at radius 1 is 1.44 bits per heavy atom.